The molecule has 0 bridgehead atoms. The van der Waals surface area contributed by atoms with Crippen molar-refractivity contribution in [2.75, 3.05) is 13.1 Å². The Kier molecular flexibility index (Phi) is 4.34. The van der Waals surface area contributed by atoms with E-state index in [4.69, 9.17) is 21.2 Å². The van der Waals surface area contributed by atoms with Crippen molar-refractivity contribution < 1.29 is 19.2 Å². The molecule has 23 heavy (non-hydrogen) atoms. The van der Waals surface area contributed by atoms with E-state index in [0.29, 0.717) is 35.7 Å². The van der Waals surface area contributed by atoms with E-state index in [0.717, 1.165) is 5.56 Å². The highest BCUT2D eigenvalue weighted by molar-refractivity contribution is 6.30. The summed E-state index contributed by atoms with van der Waals surface area (Å²) in [5.74, 6) is -1.65. The molecule has 1 unspecified atom stereocenters. The zero-order valence-electron chi connectivity index (χ0n) is 12.2. The summed E-state index contributed by atoms with van der Waals surface area (Å²) in [5, 5.41) is 13.6. The zero-order chi connectivity index (χ0) is 16.4. The molecule has 1 atom stereocenters. The predicted molar refractivity (Wildman–Crippen MR) is 83.2 cm³/mol. The molecular formula is C16H15ClN2O4. The number of benzene rings is 1. The van der Waals surface area contributed by atoms with Crippen LogP contribution in [0.25, 0.3) is 11.3 Å². The van der Waals surface area contributed by atoms with Crippen LogP contribution in [0, 0.1) is 5.92 Å². The summed E-state index contributed by atoms with van der Waals surface area (Å²) >= 11 is 5.87. The standard InChI is InChI=1S/C16H15ClN2O4/c17-12-5-3-10(4-6-12)14-13(9-23-18-14)15(20)19-7-1-2-11(8-19)16(21)22/h3-6,9,11H,1-2,7-8H2,(H,21,22). The summed E-state index contributed by atoms with van der Waals surface area (Å²) in [4.78, 5) is 25.4. The number of carboxylic acids is 1. The van der Waals surface area contributed by atoms with Crippen molar-refractivity contribution >= 4 is 23.5 Å². The van der Waals surface area contributed by atoms with Crippen LogP contribution >= 0.6 is 11.6 Å². The third-order valence-corrected chi connectivity index (χ3v) is 4.23. The van der Waals surface area contributed by atoms with Gasteiger partial charge in [-0.15, -0.1) is 0 Å². The number of aliphatic carboxylic acids is 1. The summed E-state index contributed by atoms with van der Waals surface area (Å²) in [6.07, 6.45) is 2.56. The van der Waals surface area contributed by atoms with Crippen molar-refractivity contribution in [3.8, 4) is 11.3 Å². The Morgan fingerprint density at radius 1 is 1.30 bits per heavy atom. The average molecular weight is 335 g/mol. The lowest BCUT2D eigenvalue weighted by molar-refractivity contribution is -0.143. The number of aromatic nitrogens is 1. The van der Waals surface area contributed by atoms with Gasteiger partial charge in [-0.1, -0.05) is 28.9 Å². The van der Waals surface area contributed by atoms with Crippen LogP contribution in [0.2, 0.25) is 5.02 Å². The molecule has 7 heteroatoms. The number of amides is 1. The molecule has 2 aromatic rings. The van der Waals surface area contributed by atoms with Crippen molar-refractivity contribution in [3.63, 3.8) is 0 Å². The maximum Gasteiger partial charge on any atom is 0.308 e. The van der Waals surface area contributed by atoms with Crippen molar-refractivity contribution in [1.82, 2.24) is 10.1 Å². The molecule has 0 spiro atoms. The molecule has 6 nitrogen and oxygen atoms in total. The third-order valence-electron chi connectivity index (χ3n) is 3.98. The Labute approximate surface area is 137 Å². The smallest absolute Gasteiger partial charge is 0.308 e. The Hall–Kier alpha value is -2.34. The van der Waals surface area contributed by atoms with Crippen LogP contribution in [-0.4, -0.2) is 40.1 Å². The van der Waals surface area contributed by atoms with Gasteiger partial charge >= 0.3 is 5.97 Å². The molecule has 1 aromatic heterocycles. The number of nitrogens with zero attached hydrogens (tertiary/aromatic N) is 2. The molecule has 1 N–H and O–H groups in total. The normalized spacial score (nSPS) is 18.0. The van der Waals surface area contributed by atoms with Crippen LogP contribution in [0.3, 0.4) is 0 Å². The third kappa shape index (κ3) is 3.22. The molecule has 1 fully saturated rings. The highest BCUT2D eigenvalue weighted by Gasteiger charge is 2.30. The summed E-state index contributed by atoms with van der Waals surface area (Å²) in [6, 6.07) is 6.93. The highest BCUT2D eigenvalue weighted by Crippen LogP contribution is 2.26. The highest BCUT2D eigenvalue weighted by atomic mass is 35.5. The molecule has 1 aliphatic heterocycles. The summed E-state index contributed by atoms with van der Waals surface area (Å²) in [6.45, 7) is 0.743. The molecule has 0 saturated carbocycles. The first-order chi connectivity index (χ1) is 11.1. The fourth-order valence-electron chi connectivity index (χ4n) is 2.74. The van der Waals surface area contributed by atoms with Gasteiger partial charge in [0.15, 0.2) is 0 Å². The van der Waals surface area contributed by atoms with Crippen molar-refractivity contribution in [2.45, 2.75) is 12.8 Å². The van der Waals surface area contributed by atoms with E-state index in [1.54, 1.807) is 29.2 Å². The van der Waals surface area contributed by atoms with Crippen LogP contribution in [0.5, 0.6) is 0 Å². The largest absolute Gasteiger partial charge is 0.481 e. The first-order valence-electron chi connectivity index (χ1n) is 7.28. The fourth-order valence-corrected chi connectivity index (χ4v) is 2.86. The van der Waals surface area contributed by atoms with E-state index in [9.17, 15) is 9.59 Å². The minimum Gasteiger partial charge on any atom is -0.481 e. The molecule has 1 saturated heterocycles. The second-order valence-corrected chi connectivity index (χ2v) is 5.95. The van der Waals surface area contributed by atoms with Gasteiger partial charge in [-0.3, -0.25) is 9.59 Å². The van der Waals surface area contributed by atoms with Crippen LogP contribution < -0.4 is 0 Å². The number of likely N-dealkylation sites (tertiary alicyclic amines) is 1. The second-order valence-electron chi connectivity index (χ2n) is 5.51. The van der Waals surface area contributed by atoms with E-state index in [1.807, 2.05) is 0 Å². The van der Waals surface area contributed by atoms with Gasteiger partial charge in [-0.05, 0) is 25.0 Å². The molecule has 1 amide bonds. The van der Waals surface area contributed by atoms with Gasteiger partial charge in [0.2, 0.25) is 0 Å². The number of carbonyl (C=O) groups is 2. The Morgan fingerprint density at radius 2 is 2.04 bits per heavy atom. The number of hydrogen-bond donors (Lipinski definition) is 1. The average Bonchev–Trinajstić information content (AvgIpc) is 3.04. The Bertz CT molecular complexity index is 726. The lowest BCUT2D eigenvalue weighted by Gasteiger charge is -2.30. The van der Waals surface area contributed by atoms with E-state index in [2.05, 4.69) is 5.16 Å². The maximum absolute atomic E-state index is 12.7. The van der Waals surface area contributed by atoms with Crippen LogP contribution in [0.1, 0.15) is 23.2 Å². The van der Waals surface area contributed by atoms with Crippen LogP contribution in [-0.2, 0) is 4.79 Å². The first kappa shape index (κ1) is 15.6. The second kappa shape index (κ2) is 6.42. The van der Waals surface area contributed by atoms with E-state index in [-0.39, 0.29) is 12.5 Å². The number of carbonyl (C=O) groups excluding carboxylic acids is 1. The van der Waals surface area contributed by atoms with E-state index in [1.165, 1.54) is 6.26 Å². The van der Waals surface area contributed by atoms with Gasteiger partial charge in [0.25, 0.3) is 5.91 Å². The summed E-state index contributed by atoms with van der Waals surface area (Å²) < 4.78 is 4.97. The first-order valence-corrected chi connectivity index (χ1v) is 7.66. The fraction of sp³-hybridized carbons (Fsp3) is 0.312. The van der Waals surface area contributed by atoms with Crippen molar-refractivity contribution in [1.29, 1.82) is 0 Å². The molecule has 1 aliphatic rings. The van der Waals surface area contributed by atoms with Crippen LogP contribution in [0.4, 0.5) is 0 Å². The van der Waals surface area contributed by atoms with Gasteiger partial charge in [0, 0.05) is 23.7 Å². The molecule has 0 aliphatic carbocycles. The van der Waals surface area contributed by atoms with Crippen LogP contribution in [0.15, 0.2) is 35.1 Å². The zero-order valence-corrected chi connectivity index (χ0v) is 13.0. The van der Waals surface area contributed by atoms with E-state index >= 15 is 0 Å². The number of halogens is 1. The minimum atomic E-state index is -0.870. The van der Waals surface area contributed by atoms with Gasteiger partial charge < -0.3 is 14.5 Å². The van der Waals surface area contributed by atoms with Crippen molar-refractivity contribution in [2.24, 2.45) is 5.92 Å². The van der Waals surface area contributed by atoms with Gasteiger partial charge in [-0.2, -0.15) is 0 Å². The Balaban J connectivity index is 1.85. The molecule has 1 aromatic carbocycles. The summed E-state index contributed by atoms with van der Waals surface area (Å²) in [7, 11) is 0. The van der Waals surface area contributed by atoms with E-state index < -0.39 is 11.9 Å². The lowest BCUT2D eigenvalue weighted by Crippen LogP contribution is -2.42. The van der Waals surface area contributed by atoms with Gasteiger partial charge in [-0.25, -0.2) is 0 Å². The minimum absolute atomic E-state index is 0.208. The lowest BCUT2D eigenvalue weighted by atomic mass is 9.97. The quantitative estimate of drug-likeness (QED) is 0.933. The Morgan fingerprint density at radius 3 is 2.74 bits per heavy atom. The molecule has 0 radical (unpaired) electrons. The maximum atomic E-state index is 12.7. The molecular weight excluding hydrogens is 320 g/mol. The number of piperidine rings is 1. The SMILES string of the molecule is O=C(O)C1CCCN(C(=O)c2conc2-c2ccc(Cl)cc2)C1. The molecule has 120 valence electrons. The summed E-state index contributed by atoms with van der Waals surface area (Å²) in [5.41, 5.74) is 1.49. The number of hydrogen-bond acceptors (Lipinski definition) is 4. The van der Waals surface area contributed by atoms with Crippen molar-refractivity contribution in [3.05, 3.63) is 41.1 Å². The topological polar surface area (TPSA) is 83.6 Å². The van der Waals surface area contributed by atoms with Gasteiger partial charge in [0.05, 0.1) is 5.92 Å². The molecule has 3 rings (SSSR count). The molecule has 2 heterocycles. The monoisotopic (exact) mass is 334 g/mol. The number of rotatable bonds is 3. The van der Waals surface area contributed by atoms with Gasteiger partial charge in [0.1, 0.15) is 17.5 Å². The number of carboxylic acid groups (broad SMARTS) is 1. The predicted octanol–water partition coefficient (Wildman–Crippen LogP) is 2.93.